The second-order valence-electron chi connectivity index (χ2n) is 8.19. The molecule has 0 atom stereocenters. The zero-order valence-corrected chi connectivity index (χ0v) is 19.3. The number of hydrogen-bond donors (Lipinski definition) is 0. The van der Waals surface area contributed by atoms with E-state index in [0.717, 1.165) is 41.0 Å². The van der Waals surface area contributed by atoms with Crippen molar-refractivity contribution < 1.29 is 18.7 Å². The zero-order valence-electron chi connectivity index (χ0n) is 17.8. The number of carbonyl (C=O) groups is 1. The van der Waals surface area contributed by atoms with Crippen molar-refractivity contribution in [3.63, 3.8) is 0 Å². The number of rotatable bonds is 4. The molecule has 5 rings (SSSR count). The number of benzene rings is 3. The summed E-state index contributed by atoms with van der Waals surface area (Å²) in [7, 11) is 0. The predicted molar refractivity (Wildman–Crippen MR) is 127 cm³/mol. The molecule has 2 aliphatic rings. The fourth-order valence-corrected chi connectivity index (χ4v) is 4.42. The van der Waals surface area contributed by atoms with Gasteiger partial charge in [0.15, 0.2) is 5.76 Å². The summed E-state index contributed by atoms with van der Waals surface area (Å²) < 4.78 is 25.2. The molecule has 0 spiro atoms. The van der Waals surface area contributed by atoms with Crippen LogP contribution in [-0.4, -0.2) is 24.0 Å². The normalized spacial score (nSPS) is 16.4. The van der Waals surface area contributed by atoms with Gasteiger partial charge in [-0.1, -0.05) is 41.4 Å². The number of halogens is 3. The van der Waals surface area contributed by atoms with Crippen molar-refractivity contribution in [2.24, 2.45) is 0 Å². The minimum absolute atomic E-state index is 0.167. The second kappa shape index (κ2) is 8.82. The van der Waals surface area contributed by atoms with Crippen molar-refractivity contribution in [1.82, 2.24) is 4.90 Å². The summed E-state index contributed by atoms with van der Waals surface area (Å²) in [4.78, 5) is 15.3. The lowest BCUT2D eigenvalue weighted by Gasteiger charge is -2.30. The summed E-state index contributed by atoms with van der Waals surface area (Å²) in [5.74, 6) is 1.11. The first kappa shape index (κ1) is 22.0. The van der Waals surface area contributed by atoms with E-state index in [2.05, 4.69) is 4.90 Å². The van der Waals surface area contributed by atoms with Gasteiger partial charge in [-0.25, -0.2) is 4.39 Å². The van der Waals surface area contributed by atoms with E-state index in [1.54, 1.807) is 36.4 Å². The molecule has 33 heavy (non-hydrogen) atoms. The van der Waals surface area contributed by atoms with Gasteiger partial charge in [0, 0.05) is 13.1 Å². The van der Waals surface area contributed by atoms with Crippen LogP contribution in [0.5, 0.6) is 11.5 Å². The van der Waals surface area contributed by atoms with Gasteiger partial charge in [-0.05, 0) is 66.4 Å². The number of allylic oxidation sites excluding steroid dienone is 1. The highest BCUT2D eigenvalue weighted by atomic mass is 35.5. The Bertz CT molecular complexity index is 1290. The highest BCUT2D eigenvalue weighted by molar-refractivity contribution is 6.42. The Kier molecular flexibility index (Phi) is 5.87. The molecule has 3 aromatic carbocycles. The molecule has 2 aliphatic heterocycles. The van der Waals surface area contributed by atoms with Gasteiger partial charge in [0.25, 0.3) is 0 Å². The topological polar surface area (TPSA) is 38.8 Å². The molecular formula is C26H20Cl2FNO3. The lowest BCUT2D eigenvalue weighted by atomic mass is 9.98. The molecular weight excluding hydrogens is 464 g/mol. The molecule has 0 aliphatic carbocycles. The van der Waals surface area contributed by atoms with Gasteiger partial charge in [-0.15, -0.1) is 0 Å². The smallest absolute Gasteiger partial charge is 0.232 e. The molecule has 0 saturated carbocycles. The number of carbonyl (C=O) groups excluding carboxylic acids is 1. The van der Waals surface area contributed by atoms with Crippen LogP contribution in [-0.2, 0) is 13.0 Å². The van der Waals surface area contributed by atoms with E-state index in [1.165, 1.54) is 12.1 Å². The Labute approximate surface area is 201 Å². The maximum atomic E-state index is 13.2. The van der Waals surface area contributed by atoms with Crippen LogP contribution in [0.1, 0.15) is 32.6 Å². The predicted octanol–water partition coefficient (Wildman–Crippen LogP) is 6.45. The lowest BCUT2D eigenvalue weighted by molar-refractivity contribution is 0.0949. The second-order valence-corrected chi connectivity index (χ2v) is 9.00. The van der Waals surface area contributed by atoms with Gasteiger partial charge in [0.05, 0.1) is 21.2 Å². The summed E-state index contributed by atoms with van der Waals surface area (Å²) in [6, 6.07) is 13.6. The van der Waals surface area contributed by atoms with Crippen LogP contribution in [0.3, 0.4) is 0 Å². The van der Waals surface area contributed by atoms with Gasteiger partial charge in [-0.2, -0.15) is 0 Å². The van der Waals surface area contributed by atoms with E-state index in [9.17, 15) is 9.18 Å². The van der Waals surface area contributed by atoms with Crippen molar-refractivity contribution in [1.29, 1.82) is 0 Å². The molecule has 168 valence electrons. The quantitative estimate of drug-likeness (QED) is 0.399. The summed E-state index contributed by atoms with van der Waals surface area (Å²) >= 11 is 12.1. The first-order valence-electron chi connectivity index (χ1n) is 10.5. The Balaban J connectivity index is 1.39. The van der Waals surface area contributed by atoms with Crippen LogP contribution in [0, 0.1) is 12.7 Å². The number of ether oxygens (including phenoxy) is 2. The number of Topliss-reactive ketones (excluding diaryl/α,β-unsaturated/α-hetero) is 1. The number of ketones is 1. The van der Waals surface area contributed by atoms with Crippen LogP contribution in [0.4, 0.5) is 4.39 Å². The maximum absolute atomic E-state index is 13.2. The van der Waals surface area contributed by atoms with Gasteiger partial charge in [-0.3, -0.25) is 9.69 Å². The van der Waals surface area contributed by atoms with Gasteiger partial charge in [0.2, 0.25) is 5.78 Å². The van der Waals surface area contributed by atoms with Crippen molar-refractivity contribution in [2.45, 2.75) is 19.9 Å². The highest BCUT2D eigenvalue weighted by Crippen LogP contribution is 2.44. The SMILES string of the molecule is Cc1cc2c(c3c1C(=O)/C(=C\c1ccc(Cl)c(Cl)c1)O3)CN(CCc1ccc(F)cc1)CO2. The van der Waals surface area contributed by atoms with E-state index in [0.29, 0.717) is 34.6 Å². The van der Waals surface area contributed by atoms with Crippen LogP contribution in [0.25, 0.3) is 6.08 Å². The minimum atomic E-state index is -0.244. The molecule has 0 unspecified atom stereocenters. The monoisotopic (exact) mass is 483 g/mol. The van der Waals surface area contributed by atoms with Crippen LogP contribution >= 0.6 is 23.2 Å². The third kappa shape index (κ3) is 4.36. The van der Waals surface area contributed by atoms with E-state index < -0.39 is 0 Å². The molecule has 0 saturated heterocycles. The lowest BCUT2D eigenvalue weighted by Crippen LogP contribution is -2.33. The zero-order chi connectivity index (χ0) is 23.1. The van der Waals surface area contributed by atoms with Crippen molar-refractivity contribution >= 4 is 35.1 Å². The number of hydrogen-bond acceptors (Lipinski definition) is 4. The molecule has 3 aromatic rings. The first-order chi connectivity index (χ1) is 15.9. The Morgan fingerprint density at radius 2 is 1.88 bits per heavy atom. The van der Waals surface area contributed by atoms with Crippen molar-refractivity contribution in [3.05, 3.63) is 98.0 Å². The third-order valence-electron chi connectivity index (χ3n) is 5.86. The summed E-state index contributed by atoms with van der Waals surface area (Å²) in [5, 5.41) is 0.858. The third-order valence-corrected chi connectivity index (χ3v) is 6.60. The van der Waals surface area contributed by atoms with E-state index in [1.807, 2.05) is 13.0 Å². The van der Waals surface area contributed by atoms with E-state index >= 15 is 0 Å². The fourth-order valence-electron chi connectivity index (χ4n) is 4.11. The fraction of sp³-hybridized carbons (Fsp3) is 0.192. The molecule has 0 amide bonds. The maximum Gasteiger partial charge on any atom is 0.232 e. The Hall–Kier alpha value is -2.86. The molecule has 2 heterocycles. The number of aryl methyl sites for hydroxylation is 1. The number of fused-ring (bicyclic) bond motifs is 3. The van der Waals surface area contributed by atoms with E-state index in [-0.39, 0.29) is 17.4 Å². The van der Waals surface area contributed by atoms with Gasteiger partial charge >= 0.3 is 0 Å². The number of nitrogens with zero attached hydrogens (tertiary/aromatic N) is 1. The summed E-state index contributed by atoms with van der Waals surface area (Å²) in [5.41, 5.74) is 4.00. The standard InChI is InChI=1S/C26H20Cl2FNO3/c1-15-10-22-19(13-30(14-32-22)9-8-16-2-5-18(29)6-3-16)26-24(15)25(31)23(33-26)12-17-4-7-20(27)21(28)11-17/h2-7,10-12H,8-9,13-14H2,1H3/b23-12+. The molecule has 0 bridgehead atoms. The Morgan fingerprint density at radius 1 is 1.09 bits per heavy atom. The average Bonchev–Trinajstić information content (AvgIpc) is 3.13. The van der Waals surface area contributed by atoms with Crippen molar-refractivity contribution in [2.75, 3.05) is 13.3 Å². The average molecular weight is 484 g/mol. The summed E-state index contributed by atoms with van der Waals surface area (Å²) in [6.45, 7) is 3.64. The minimum Gasteiger partial charge on any atom is -0.478 e. The largest absolute Gasteiger partial charge is 0.478 e. The molecule has 0 fully saturated rings. The van der Waals surface area contributed by atoms with Crippen LogP contribution in [0.2, 0.25) is 10.0 Å². The van der Waals surface area contributed by atoms with Gasteiger partial charge < -0.3 is 9.47 Å². The summed E-state index contributed by atoms with van der Waals surface area (Å²) in [6.07, 6.45) is 2.43. The molecule has 0 radical (unpaired) electrons. The van der Waals surface area contributed by atoms with Gasteiger partial charge in [0.1, 0.15) is 24.0 Å². The van der Waals surface area contributed by atoms with Crippen molar-refractivity contribution in [3.8, 4) is 11.5 Å². The Morgan fingerprint density at radius 3 is 2.64 bits per heavy atom. The first-order valence-corrected chi connectivity index (χ1v) is 11.3. The molecule has 4 nitrogen and oxygen atoms in total. The highest BCUT2D eigenvalue weighted by Gasteiger charge is 2.35. The molecule has 7 heteroatoms. The molecule has 0 N–H and O–H groups in total. The molecule has 0 aromatic heterocycles. The van der Waals surface area contributed by atoms with Crippen LogP contribution in [0.15, 0.2) is 54.3 Å². The van der Waals surface area contributed by atoms with E-state index in [4.69, 9.17) is 32.7 Å². The van der Waals surface area contributed by atoms with Crippen LogP contribution < -0.4 is 9.47 Å².